The van der Waals surface area contributed by atoms with Crippen LogP contribution in [-0.4, -0.2) is 47.8 Å². The molecule has 4 rings (SSSR count). The average molecular weight is 353 g/mol. The normalized spacial score (nSPS) is 21.6. The fourth-order valence-electron chi connectivity index (χ4n) is 4.15. The molecule has 0 radical (unpaired) electrons. The van der Waals surface area contributed by atoms with Crippen LogP contribution in [0.2, 0.25) is 0 Å². The highest BCUT2D eigenvalue weighted by molar-refractivity contribution is 5.85. The number of hydrogen-bond acceptors (Lipinski definition) is 3. The zero-order valence-electron chi connectivity index (χ0n) is 15.6. The van der Waals surface area contributed by atoms with E-state index in [4.69, 9.17) is 4.74 Å². The summed E-state index contributed by atoms with van der Waals surface area (Å²) in [6, 6.07) is 8.55. The van der Waals surface area contributed by atoms with Gasteiger partial charge in [0.05, 0.1) is 18.2 Å². The van der Waals surface area contributed by atoms with E-state index in [0.29, 0.717) is 12.5 Å². The first kappa shape index (κ1) is 17.3. The number of carbonyl (C=O) groups is 1. The van der Waals surface area contributed by atoms with Crippen molar-refractivity contribution >= 4 is 5.91 Å². The number of nitrogens with zero attached hydrogens (tertiary/aromatic N) is 2. The van der Waals surface area contributed by atoms with E-state index in [1.54, 1.807) is 7.11 Å². The Bertz CT molecular complexity index is 777. The van der Waals surface area contributed by atoms with Crippen LogP contribution in [0.3, 0.4) is 0 Å². The molecule has 1 aliphatic carbocycles. The van der Waals surface area contributed by atoms with Crippen LogP contribution in [0.15, 0.2) is 30.5 Å². The minimum atomic E-state index is -0.246. The molecular weight excluding hydrogens is 326 g/mol. The minimum Gasteiger partial charge on any atom is -0.384 e. The van der Waals surface area contributed by atoms with Gasteiger partial charge in [-0.2, -0.15) is 5.10 Å². The van der Waals surface area contributed by atoms with Crippen molar-refractivity contribution in [2.45, 2.75) is 38.5 Å². The van der Waals surface area contributed by atoms with Crippen molar-refractivity contribution in [3.8, 4) is 11.1 Å². The Morgan fingerprint density at radius 3 is 2.81 bits per heavy atom. The smallest absolute Gasteiger partial charge is 0.231 e. The second kappa shape index (κ2) is 6.88. The van der Waals surface area contributed by atoms with Crippen LogP contribution >= 0.6 is 0 Å². The molecule has 2 aliphatic rings. The predicted molar refractivity (Wildman–Crippen MR) is 101 cm³/mol. The Balaban J connectivity index is 1.53. The Morgan fingerprint density at radius 2 is 2.12 bits per heavy atom. The number of hydrogen-bond donors (Lipinski definition) is 1. The largest absolute Gasteiger partial charge is 0.384 e. The first-order chi connectivity index (χ1) is 12.6. The summed E-state index contributed by atoms with van der Waals surface area (Å²) in [5.74, 6) is 0.588. The van der Waals surface area contributed by atoms with Gasteiger partial charge in [-0.05, 0) is 38.2 Å². The van der Waals surface area contributed by atoms with Gasteiger partial charge in [-0.15, -0.1) is 0 Å². The lowest BCUT2D eigenvalue weighted by atomic mass is 9.89. The van der Waals surface area contributed by atoms with Gasteiger partial charge in [-0.1, -0.05) is 29.8 Å². The molecule has 1 unspecified atom stereocenters. The van der Waals surface area contributed by atoms with Crippen LogP contribution in [0.4, 0.5) is 0 Å². The number of rotatable bonds is 5. The van der Waals surface area contributed by atoms with Crippen LogP contribution in [0, 0.1) is 12.3 Å². The molecule has 2 fully saturated rings. The third-order valence-corrected chi connectivity index (χ3v) is 5.88. The molecule has 1 saturated carbocycles. The fraction of sp³-hybridized carbons (Fsp3) is 0.524. The first-order valence-corrected chi connectivity index (χ1v) is 9.51. The van der Waals surface area contributed by atoms with E-state index in [1.165, 1.54) is 11.1 Å². The maximum Gasteiger partial charge on any atom is 0.231 e. The Hall–Kier alpha value is -2.14. The van der Waals surface area contributed by atoms with Crippen molar-refractivity contribution in [3.05, 3.63) is 41.7 Å². The topological polar surface area (TPSA) is 58.2 Å². The van der Waals surface area contributed by atoms with Gasteiger partial charge in [-0.3, -0.25) is 9.89 Å². The molecule has 5 heteroatoms. The summed E-state index contributed by atoms with van der Waals surface area (Å²) in [6.07, 6.45) is 5.95. The number of aromatic amines is 1. The summed E-state index contributed by atoms with van der Waals surface area (Å²) in [4.78, 5) is 15.1. The number of likely N-dealkylation sites (tertiary alicyclic amines) is 1. The summed E-state index contributed by atoms with van der Waals surface area (Å²) in [7, 11) is 1.69. The van der Waals surface area contributed by atoms with E-state index >= 15 is 0 Å². The summed E-state index contributed by atoms with van der Waals surface area (Å²) >= 11 is 0. The van der Waals surface area contributed by atoms with E-state index < -0.39 is 0 Å². The van der Waals surface area contributed by atoms with Gasteiger partial charge in [0.25, 0.3) is 0 Å². The molecule has 1 aliphatic heterocycles. The predicted octanol–water partition coefficient (Wildman–Crippen LogP) is 3.52. The van der Waals surface area contributed by atoms with Crippen LogP contribution < -0.4 is 0 Å². The second-order valence-electron chi connectivity index (χ2n) is 7.87. The molecular formula is C21H27N3O2. The van der Waals surface area contributed by atoms with E-state index in [2.05, 4.69) is 46.3 Å². The molecule has 0 spiro atoms. The van der Waals surface area contributed by atoms with Gasteiger partial charge in [0.15, 0.2) is 0 Å². The van der Waals surface area contributed by atoms with Gasteiger partial charge in [0, 0.05) is 37.4 Å². The third-order valence-electron chi connectivity index (χ3n) is 5.88. The lowest BCUT2D eigenvalue weighted by Crippen LogP contribution is -2.44. The Kier molecular flexibility index (Phi) is 4.57. The molecule has 5 nitrogen and oxygen atoms in total. The van der Waals surface area contributed by atoms with Crippen LogP contribution in [0.25, 0.3) is 11.1 Å². The number of ether oxygens (including phenoxy) is 1. The average Bonchev–Trinajstić information content (AvgIpc) is 3.28. The van der Waals surface area contributed by atoms with E-state index in [-0.39, 0.29) is 11.3 Å². The number of aromatic nitrogens is 2. The van der Waals surface area contributed by atoms with Crippen LogP contribution in [0.1, 0.15) is 42.9 Å². The monoisotopic (exact) mass is 353 g/mol. The summed E-state index contributed by atoms with van der Waals surface area (Å²) in [5, 5.41) is 7.52. The van der Waals surface area contributed by atoms with Crippen molar-refractivity contribution < 1.29 is 9.53 Å². The maximum atomic E-state index is 13.0. The number of piperidine rings is 1. The lowest BCUT2D eigenvalue weighted by Gasteiger charge is -2.35. The minimum absolute atomic E-state index is 0.246. The third kappa shape index (κ3) is 3.16. The summed E-state index contributed by atoms with van der Waals surface area (Å²) < 4.78 is 5.30. The standard InChI is InChI=1S/C21H27N3O2/c1-15-5-7-16(8-6-15)18-12-22-23-19(18)17-4-3-11-24(13-17)20(25)21(9-10-21)14-26-2/h5-8,12,17H,3-4,9-11,13-14H2,1-2H3,(H,22,23). The zero-order valence-corrected chi connectivity index (χ0v) is 15.6. The number of aryl methyl sites for hydroxylation is 1. The quantitative estimate of drug-likeness (QED) is 0.895. The van der Waals surface area contributed by atoms with Crippen molar-refractivity contribution in [1.82, 2.24) is 15.1 Å². The highest BCUT2D eigenvalue weighted by Crippen LogP contribution is 2.48. The fourth-order valence-corrected chi connectivity index (χ4v) is 4.15. The van der Waals surface area contributed by atoms with Crippen LogP contribution in [-0.2, 0) is 9.53 Å². The molecule has 1 amide bonds. The number of carbonyl (C=O) groups excluding carboxylic acids is 1. The zero-order chi connectivity index (χ0) is 18.1. The van der Waals surface area contributed by atoms with E-state index in [9.17, 15) is 4.79 Å². The molecule has 138 valence electrons. The van der Waals surface area contributed by atoms with Gasteiger partial charge in [0.2, 0.25) is 5.91 Å². The summed E-state index contributed by atoms with van der Waals surface area (Å²) in [5.41, 5.74) is 4.50. The maximum absolute atomic E-state index is 13.0. The number of H-pyrrole nitrogens is 1. The van der Waals surface area contributed by atoms with Gasteiger partial charge < -0.3 is 9.64 Å². The Labute approximate surface area is 154 Å². The molecule has 2 heterocycles. The molecule has 1 aromatic heterocycles. The Morgan fingerprint density at radius 1 is 1.35 bits per heavy atom. The highest BCUT2D eigenvalue weighted by Gasteiger charge is 2.52. The van der Waals surface area contributed by atoms with E-state index in [0.717, 1.165) is 50.0 Å². The number of methoxy groups -OCH3 is 1. The molecule has 0 bridgehead atoms. The van der Waals surface area contributed by atoms with Gasteiger partial charge >= 0.3 is 0 Å². The van der Waals surface area contributed by atoms with Gasteiger partial charge in [0.1, 0.15) is 0 Å². The first-order valence-electron chi connectivity index (χ1n) is 9.51. The van der Waals surface area contributed by atoms with E-state index in [1.807, 2.05) is 6.20 Å². The molecule has 1 atom stereocenters. The molecule has 26 heavy (non-hydrogen) atoms. The molecule has 1 aromatic carbocycles. The van der Waals surface area contributed by atoms with Crippen molar-refractivity contribution in [3.63, 3.8) is 0 Å². The van der Waals surface area contributed by atoms with Crippen molar-refractivity contribution in [2.75, 3.05) is 26.8 Å². The van der Waals surface area contributed by atoms with Crippen molar-refractivity contribution in [2.24, 2.45) is 5.41 Å². The number of amides is 1. The molecule has 1 saturated heterocycles. The molecule has 1 N–H and O–H groups in total. The van der Waals surface area contributed by atoms with Gasteiger partial charge in [-0.25, -0.2) is 0 Å². The second-order valence-corrected chi connectivity index (χ2v) is 7.87. The van der Waals surface area contributed by atoms with Crippen molar-refractivity contribution in [1.29, 1.82) is 0 Å². The van der Waals surface area contributed by atoms with Crippen LogP contribution in [0.5, 0.6) is 0 Å². The lowest BCUT2D eigenvalue weighted by molar-refractivity contribution is -0.140. The summed E-state index contributed by atoms with van der Waals surface area (Å²) in [6.45, 7) is 4.27. The highest BCUT2D eigenvalue weighted by atomic mass is 16.5. The SMILES string of the molecule is COCC1(C(=O)N2CCCC(c3[nH]ncc3-c3ccc(C)cc3)C2)CC1. The molecule has 2 aromatic rings. The number of nitrogens with one attached hydrogen (secondary N) is 1. The number of benzene rings is 1.